The average molecular weight is 273 g/mol. The SMILES string of the molecule is O=c1ccccn1OC1OC(CO)C(O)C(O)C1O. The fourth-order valence-electron chi connectivity index (χ4n) is 1.77. The summed E-state index contributed by atoms with van der Waals surface area (Å²) in [5.41, 5.74) is -0.487. The first-order valence-corrected chi connectivity index (χ1v) is 5.70. The molecule has 1 saturated heterocycles. The largest absolute Gasteiger partial charge is 0.394 e. The number of ether oxygens (including phenoxy) is 1. The second-order valence-electron chi connectivity index (χ2n) is 4.17. The van der Waals surface area contributed by atoms with Crippen LogP contribution in [0.5, 0.6) is 0 Å². The van der Waals surface area contributed by atoms with Crippen molar-refractivity contribution in [2.75, 3.05) is 6.61 Å². The van der Waals surface area contributed by atoms with Crippen LogP contribution in [0.25, 0.3) is 0 Å². The molecule has 0 spiro atoms. The van der Waals surface area contributed by atoms with Gasteiger partial charge in [0.2, 0.25) is 0 Å². The van der Waals surface area contributed by atoms with E-state index in [1.54, 1.807) is 0 Å². The molecule has 19 heavy (non-hydrogen) atoms. The van der Waals surface area contributed by atoms with Crippen LogP contribution in [0.2, 0.25) is 0 Å². The van der Waals surface area contributed by atoms with Crippen molar-refractivity contribution in [2.45, 2.75) is 30.7 Å². The van der Waals surface area contributed by atoms with Crippen LogP contribution >= 0.6 is 0 Å². The molecule has 8 heteroatoms. The molecule has 2 heterocycles. The fraction of sp³-hybridized carbons (Fsp3) is 0.545. The lowest BCUT2D eigenvalue weighted by molar-refractivity contribution is -0.301. The molecule has 0 amide bonds. The molecule has 0 bridgehead atoms. The molecule has 1 aliphatic heterocycles. The Hall–Kier alpha value is -1.45. The summed E-state index contributed by atoms with van der Waals surface area (Å²) in [6, 6.07) is 4.28. The van der Waals surface area contributed by atoms with Crippen LogP contribution in [0, 0.1) is 0 Å². The van der Waals surface area contributed by atoms with E-state index in [9.17, 15) is 20.1 Å². The van der Waals surface area contributed by atoms with Gasteiger partial charge in [0.25, 0.3) is 11.8 Å². The Morgan fingerprint density at radius 2 is 1.95 bits per heavy atom. The fourth-order valence-corrected chi connectivity index (χ4v) is 1.77. The Balaban J connectivity index is 2.15. The van der Waals surface area contributed by atoms with Gasteiger partial charge in [0.05, 0.1) is 6.61 Å². The topological polar surface area (TPSA) is 121 Å². The number of aliphatic hydroxyl groups is 4. The first kappa shape index (κ1) is 14.0. The molecule has 106 valence electrons. The van der Waals surface area contributed by atoms with Gasteiger partial charge in [-0.3, -0.25) is 4.79 Å². The van der Waals surface area contributed by atoms with Gasteiger partial charge in [-0.05, 0) is 6.07 Å². The lowest BCUT2D eigenvalue weighted by atomic mass is 9.99. The predicted molar refractivity (Wildman–Crippen MR) is 61.0 cm³/mol. The first-order chi connectivity index (χ1) is 9.04. The van der Waals surface area contributed by atoms with Crippen molar-refractivity contribution in [3.8, 4) is 0 Å². The summed E-state index contributed by atoms with van der Waals surface area (Å²) < 4.78 is 5.92. The van der Waals surface area contributed by atoms with Crippen molar-refractivity contribution < 1.29 is 30.0 Å². The summed E-state index contributed by atoms with van der Waals surface area (Å²) >= 11 is 0. The number of pyridine rings is 1. The van der Waals surface area contributed by atoms with Gasteiger partial charge < -0.3 is 30.0 Å². The molecular formula is C11H15NO7. The van der Waals surface area contributed by atoms with Gasteiger partial charge in [-0.2, -0.15) is 0 Å². The molecule has 4 N–H and O–H groups in total. The van der Waals surface area contributed by atoms with Crippen molar-refractivity contribution in [3.05, 3.63) is 34.7 Å². The lowest BCUT2D eigenvalue weighted by Gasteiger charge is -2.39. The molecule has 1 aromatic rings. The van der Waals surface area contributed by atoms with E-state index in [4.69, 9.17) is 14.7 Å². The quantitative estimate of drug-likeness (QED) is 0.465. The van der Waals surface area contributed by atoms with E-state index in [1.165, 1.54) is 24.4 Å². The summed E-state index contributed by atoms with van der Waals surface area (Å²) in [7, 11) is 0. The molecule has 0 aromatic carbocycles. The van der Waals surface area contributed by atoms with E-state index in [-0.39, 0.29) is 0 Å². The van der Waals surface area contributed by atoms with Crippen LogP contribution in [0.3, 0.4) is 0 Å². The number of aliphatic hydroxyl groups excluding tert-OH is 4. The van der Waals surface area contributed by atoms with E-state index >= 15 is 0 Å². The van der Waals surface area contributed by atoms with E-state index in [0.717, 1.165) is 4.73 Å². The third-order valence-corrected chi connectivity index (χ3v) is 2.85. The van der Waals surface area contributed by atoms with Crippen molar-refractivity contribution in [2.24, 2.45) is 0 Å². The lowest BCUT2D eigenvalue weighted by Crippen LogP contribution is -2.61. The maximum absolute atomic E-state index is 11.4. The molecule has 0 radical (unpaired) electrons. The van der Waals surface area contributed by atoms with Gasteiger partial charge in [0.15, 0.2) is 0 Å². The van der Waals surface area contributed by atoms with Crippen molar-refractivity contribution in [1.29, 1.82) is 0 Å². The van der Waals surface area contributed by atoms with Crippen molar-refractivity contribution in [1.82, 2.24) is 4.73 Å². The van der Waals surface area contributed by atoms with Crippen molar-refractivity contribution in [3.63, 3.8) is 0 Å². The highest BCUT2D eigenvalue weighted by atomic mass is 16.8. The Bertz CT molecular complexity index is 474. The summed E-state index contributed by atoms with van der Waals surface area (Å²) in [6.07, 6.45) is -5.71. The number of nitrogens with zero attached hydrogens (tertiary/aromatic N) is 1. The van der Waals surface area contributed by atoms with E-state index in [0.29, 0.717) is 0 Å². The molecular weight excluding hydrogens is 258 g/mol. The summed E-state index contributed by atoms with van der Waals surface area (Å²) in [5.74, 6) is 0. The van der Waals surface area contributed by atoms with Crippen LogP contribution in [-0.4, -0.2) is 62.5 Å². The molecule has 1 aliphatic rings. The third kappa shape index (κ3) is 2.77. The van der Waals surface area contributed by atoms with Crippen molar-refractivity contribution >= 4 is 0 Å². The average Bonchev–Trinajstić information content (AvgIpc) is 2.41. The van der Waals surface area contributed by atoms with Crippen LogP contribution in [-0.2, 0) is 4.74 Å². The first-order valence-electron chi connectivity index (χ1n) is 5.70. The second-order valence-corrected chi connectivity index (χ2v) is 4.17. The maximum atomic E-state index is 11.4. The normalized spacial score (nSPS) is 35.1. The summed E-state index contributed by atoms with van der Waals surface area (Å²) in [5, 5.41) is 37.9. The zero-order valence-electron chi connectivity index (χ0n) is 9.86. The zero-order chi connectivity index (χ0) is 14.0. The third-order valence-electron chi connectivity index (χ3n) is 2.85. The maximum Gasteiger partial charge on any atom is 0.283 e. The van der Waals surface area contributed by atoms with Crippen LogP contribution in [0.4, 0.5) is 0 Å². The number of rotatable bonds is 3. The molecule has 8 nitrogen and oxygen atoms in total. The van der Waals surface area contributed by atoms with Gasteiger partial charge in [0, 0.05) is 12.3 Å². The smallest absolute Gasteiger partial charge is 0.283 e. The van der Waals surface area contributed by atoms with E-state index in [1.807, 2.05) is 0 Å². The Morgan fingerprint density at radius 1 is 1.21 bits per heavy atom. The number of hydrogen-bond donors (Lipinski definition) is 4. The Morgan fingerprint density at radius 3 is 2.58 bits per heavy atom. The highest BCUT2D eigenvalue weighted by Gasteiger charge is 2.45. The Labute approximate surface area is 108 Å². The zero-order valence-corrected chi connectivity index (χ0v) is 9.86. The predicted octanol–water partition coefficient (Wildman–Crippen LogP) is -2.92. The highest BCUT2D eigenvalue weighted by molar-refractivity contribution is 4.93. The minimum absolute atomic E-state index is 0.487. The molecule has 5 atom stereocenters. The molecule has 2 rings (SSSR count). The standard InChI is InChI=1S/C11H15NO7/c13-5-6-8(15)9(16)10(17)11(18-6)19-12-4-2-1-3-7(12)14/h1-4,6,8-11,13,15-17H,5H2. The number of hydrogen-bond acceptors (Lipinski definition) is 7. The monoisotopic (exact) mass is 273 g/mol. The molecule has 0 aliphatic carbocycles. The molecule has 1 fully saturated rings. The van der Waals surface area contributed by atoms with Gasteiger partial charge in [-0.15, -0.1) is 4.73 Å². The van der Waals surface area contributed by atoms with Gasteiger partial charge in [-0.1, -0.05) is 6.07 Å². The summed E-state index contributed by atoms with van der Waals surface area (Å²) in [4.78, 5) is 16.5. The Kier molecular flexibility index (Phi) is 4.17. The van der Waals surface area contributed by atoms with Gasteiger partial charge in [0.1, 0.15) is 24.4 Å². The second kappa shape index (κ2) is 5.68. The minimum atomic E-state index is -1.55. The molecule has 5 unspecified atom stereocenters. The van der Waals surface area contributed by atoms with Crippen LogP contribution in [0.15, 0.2) is 29.2 Å². The highest BCUT2D eigenvalue weighted by Crippen LogP contribution is 2.20. The molecule has 1 aromatic heterocycles. The van der Waals surface area contributed by atoms with Crippen LogP contribution < -0.4 is 10.4 Å². The minimum Gasteiger partial charge on any atom is -0.394 e. The van der Waals surface area contributed by atoms with Gasteiger partial charge in [-0.25, -0.2) is 0 Å². The molecule has 0 saturated carbocycles. The van der Waals surface area contributed by atoms with E-state index in [2.05, 4.69) is 0 Å². The number of aromatic nitrogens is 1. The van der Waals surface area contributed by atoms with Gasteiger partial charge >= 0.3 is 0 Å². The van der Waals surface area contributed by atoms with Crippen LogP contribution in [0.1, 0.15) is 0 Å². The van der Waals surface area contributed by atoms with E-state index < -0.39 is 42.9 Å². The summed E-state index contributed by atoms with van der Waals surface area (Å²) in [6.45, 7) is -0.561.